The summed E-state index contributed by atoms with van der Waals surface area (Å²) in [7, 11) is 1.97. The van der Waals surface area contributed by atoms with Gasteiger partial charge in [0.2, 0.25) is 0 Å². The minimum Gasteiger partial charge on any atom is -0.381 e. The molecule has 1 aromatic heterocycles. The molecule has 24 heavy (non-hydrogen) atoms. The van der Waals surface area contributed by atoms with Crippen LogP contribution in [0.2, 0.25) is 0 Å². The van der Waals surface area contributed by atoms with Gasteiger partial charge < -0.3 is 15.0 Å². The van der Waals surface area contributed by atoms with E-state index in [1.807, 2.05) is 14.0 Å². The van der Waals surface area contributed by atoms with E-state index in [1.54, 1.807) is 0 Å². The van der Waals surface area contributed by atoms with Crippen molar-refractivity contribution >= 4 is 5.96 Å². The molecule has 1 aromatic rings. The van der Waals surface area contributed by atoms with Crippen molar-refractivity contribution in [3.63, 3.8) is 0 Å². The molecule has 6 nitrogen and oxygen atoms in total. The molecule has 2 heterocycles. The van der Waals surface area contributed by atoms with Crippen LogP contribution in [0.4, 0.5) is 8.78 Å². The van der Waals surface area contributed by atoms with Gasteiger partial charge in [-0.05, 0) is 32.1 Å². The van der Waals surface area contributed by atoms with Crippen LogP contribution in [0, 0.1) is 5.92 Å². The third-order valence-corrected chi connectivity index (χ3v) is 4.24. The lowest BCUT2D eigenvalue weighted by Crippen LogP contribution is -2.40. The smallest absolute Gasteiger partial charge is 0.319 e. The molecule has 1 aliphatic rings. The van der Waals surface area contributed by atoms with Gasteiger partial charge in [0.05, 0.1) is 0 Å². The minimum atomic E-state index is -2.59. The summed E-state index contributed by atoms with van der Waals surface area (Å²) in [5, 5.41) is 3.21. The van der Waals surface area contributed by atoms with Crippen molar-refractivity contribution in [1.29, 1.82) is 0 Å². The van der Waals surface area contributed by atoms with Crippen LogP contribution in [-0.4, -0.2) is 53.8 Å². The Hall–Kier alpha value is -1.70. The highest BCUT2D eigenvalue weighted by Crippen LogP contribution is 2.18. The monoisotopic (exact) mass is 343 g/mol. The predicted molar refractivity (Wildman–Crippen MR) is 89.1 cm³/mol. The van der Waals surface area contributed by atoms with E-state index >= 15 is 0 Å². The molecule has 1 N–H and O–H groups in total. The Bertz CT molecular complexity index is 514. The van der Waals surface area contributed by atoms with Gasteiger partial charge in [0.1, 0.15) is 12.4 Å². The number of nitrogens with one attached hydrogen (secondary N) is 1. The largest absolute Gasteiger partial charge is 0.381 e. The van der Waals surface area contributed by atoms with Crippen molar-refractivity contribution in [2.75, 3.05) is 33.4 Å². The summed E-state index contributed by atoms with van der Waals surface area (Å²) in [5.74, 6) is 1.66. The molecular formula is C16H27F2N5O. The SMILES string of the molecule is CCNC(=NCc1nccn1C(F)F)N(C)CCC1CCOCC1. The Kier molecular flexibility index (Phi) is 7.42. The van der Waals surface area contributed by atoms with Crippen molar-refractivity contribution in [3.8, 4) is 0 Å². The standard InChI is InChI=1S/C16H27F2N5O/c1-3-19-16(21-12-14-20-7-9-23(14)15(17)18)22(2)8-4-13-5-10-24-11-6-13/h7,9,13,15H,3-6,8,10-12H2,1-2H3,(H,19,21). The first-order chi connectivity index (χ1) is 11.6. The van der Waals surface area contributed by atoms with E-state index in [1.165, 1.54) is 12.4 Å². The zero-order valence-electron chi connectivity index (χ0n) is 14.4. The van der Waals surface area contributed by atoms with Crippen molar-refractivity contribution < 1.29 is 13.5 Å². The second-order valence-corrected chi connectivity index (χ2v) is 5.96. The molecule has 0 aromatic carbocycles. The number of rotatable bonds is 7. The molecule has 1 saturated heterocycles. The molecule has 0 saturated carbocycles. The molecule has 0 aliphatic carbocycles. The molecule has 0 atom stereocenters. The van der Waals surface area contributed by atoms with E-state index in [-0.39, 0.29) is 12.4 Å². The van der Waals surface area contributed by atoms with Gasteiger partial charge in [0.15, 0.2) is 5.96 Å². The molecule has 2 rings (SSSR count). The molecule has 0 spiro atoms. The number of halogens is 2. The third-order valence-electron chi connectivity index (χ3n) is 4.24. The molecule has 0 bridgehead atoms. The third kappa shape index (κ3) is 5.43. The normalized spacial score (nSPS) is 16.6. The molecule has 0 amide bonds. The van der Waals surface area contributed by atoms with E-state index in [4.69, 9.17) is 4.74 Å². The minimum absolute atomic E-state index is 0.126. The van der Waals surface area contributed by atoms with Crippen LogP contribution in [-0.2, 0) is 11.3 Å². The maximum absolute atomic E-state index is 12.9. The Balaban J connectivity index is 1.92. The molecule has 1 aliphatic heterocycles. The maximum atomic E-state index is 12.9. The Morgan fingerprint density at radius 2 is 2.25 bits per heavy atom. The van der Waals surface area contributed by atoms with E-state index in [2.05, 4.69) is 20.2 Å². The predicted octanol–water partition coefficient (Wildman–Crippen LogP) is 2.49. The van der Waals surface area contributed by atoms with Gasteiger partial charge in [0.25, 0.3) is 0 Å². The summed E-state index contributed by atoms with van der Waals surface area (Å²) in [4.78, 5) is 10.5. The number of imidazole rings is 1. The van der Waals surface area contributed by atoms with Gasteiger partial charge in [0, 0.05) is 45.7 Å². The average molecular weight is 343 g/mol. The van der Waals surface area contributed by atoms with Crippen LogP contribution in [0.25, 0.3) is 0 Å². The van der Waals surface area contributed by atoms with Crippen LogP contribution in [0.1, 0.15) is 38.6 Å². The Labute approximate surface area is 141 Å². The number of alkyl halides is 2. The number of aliphatic imine (C=N–C) groups is 1. The van der Waals surface area contributed by atoms with Crippen LogP contribution < -0.4 is 5.32 Å². The second-order valence-electron chi connectivity index (χ2n) is 5.96. The maximum Gasteiger partial charge on any atom is 0.319 e. The van der Waals surface area contributed by atoms with Gasteiger partial charge in [-0.3, -0.25) is 4.57 Å². The molecule has 0 radical (unpaired) electrons. The number of aromatic nitrogens is 2. The highest BCUT2D eigenvalue weighted by molar-refractivity contribution is 5.79. The van der Waals surface area contributed by atoms with Crippen molar-refractivity contribution in [2.45, 2.75) is 39.3 Å². The van der Waals surface area contributed by atoms with Crippen LogP contribution in [0.3, 0.4) is 0 Å². The molecular weight excluding hydrogens is 316 g/mol. The van der Waals surface area contributed by atoms with E-state index in [0.717, 1.165) is 50.1 Å². The second kappa shape index (κ2) is 9.56. The van der Waals surface area contributed by atoms with Crippen molar-refractivity contribution in [1.82, 2.24) is 19.8 Å². The van der Waals surface area contributed by atoms with Gasteiger partial charge in [-0.2, -0.15) is 8.78 Å². The lowest BCUT2D eigenvalue weighted by Gasteiger charge is -2.26. The molecule has 0 unspecified atom stereocenters. The first-order valence-corrected chi connectivity index (χ1v) is 8.48. The summed E-state index contributed by atoms with van der Waals surface area (Å²) in [6.07, 6.45) is 5.94. The lowest BCUT2D eigenvalue weighted by atomic mass is 9.96. The van der Waals surface area contributed by atoms with Crippen LogP contribution in [0.5, 0.6) is 0 Å². The summed E-state index contributed by atoms with van der Waals surface area (Å²) >= 11 is 0. The fraction of sp³-hybridized carbons (Fsp3) is 0.750. The zero-order valence-corrected chi connectivity index (χ0v) is 14.4. The molecule has 1 fully saturated rings. The van der Waals surface area contributed by atoms with Crippen molar-refractivity contribution in [3.05, 3.63) is 18.2 Å². The number of ether oxygens (including phenoxy) is 1. The first kappa shape index (κ1) is 18.6. The highest BCUT2D eigenvalue weighted by atomic mass is 19.3. The summed E-state index contributed by atoms with van der Waals surface area (Å²) in [6.45, 7) is 2.82. The number of guanidine groups is 1. The van der Waals surface area contributed by atoms with Crippen LogP contribution in [0.15, 0.2) is 17.4 Å². The summed E-state index contributed by atoms with van der Waals surface area (Å²) in [6, 6.07) is 0. The lowest BCUT2D eigenvalue weighted by molar-refractivity contribution is 0.0625. The zero-order chi connectivity index (χ0) is 17.4. The first-order valence-electron chi connectivity index (χ1n) is 8.48. The Morgan fingerprint density at radius 1 is 1.50 bits per heavy atom. The van der Waals surface area contributed by atoms with Gasteiger partial charge in [-0.15, -0.1) is 0 Å². The van der Waals surface area contributed by atoms with Crippen LogP contribution >= 0.6 is 0 Å². The van der Waals surface area contributed by atoms with Gasteiger partial charge in [-0.25, -0.2) is 9.98 Å². The Morgan fingerprint density at radius 3 is 2.92 bits per heavy atom. The highest BCUT2D eigenvalue weighted by Gasteiger charge is 2.16. The van der Waals surface area contributed by atoms with E-state index < -0.39 is 6.55 Å². The fourth-order valence-corrected chi connectivity index (χ4v) is 2.78. The fourth-order valence-electron chi connectivity index (χ4n) is 2.78. The van der Waals surface area contributed by atoms with Gasteiger partial charge >= 0.3 is 6.55 Å². The summed E-state index contributed by atoms with van der Waals surface area (Å²) < 4.78 is 31.9. The van der Waals surface area contributed by atoms with Gasteiger partial charge in [-0.1, -0.05) is 0 Å². The van der Waals surface area contributed by atoms with Crippen molar-refractivity contribution in [2.24, 2.45) is 10.9 Å². The molecule has 8 heteroatoms. The topological polar surface area (TPSA) is 54.7 Å². The summed E-state index contributed by atoms with van der Waals surface area (Å²) in [5.41, 5.74) is 0. The number of hydrogen-bond acceptors (Lipinski definition) is 3. The van der Waals surface area contributed by atoms with E-state index in [9.17, 15) is 8.78 Å². The average Bonchev–Trinajstić information content (AvgIpc) is 3.06. The van der Waals surface area contributed by atoms with E-state index in [0.29, 0.717) is 11.9 Å². The number of nitrogens with zero attached hydrogens (tertiary/aromatic N) is 4. The molecule has 136 valence electrons. The quantitative estimate of drug-likeness (QED) is 0.610. The number of hydrogen-bond donors (Lipinski definition) is 1.